The molecule has 0 aliphatic carbocycles. The maximum atomic E-state index is 9.55. The van der Waals surface area contributed by atoms with Gasteiger partial charge in [-0.05, 0) is 0 Å². The molecule has 0 aromatic rings. The third-order valence-corrected chi connectivity index (χ3v) is 0.368. The van der Waals surface area contributed by atoms with Crippen LogP contribution in [0, 0.1) is 0 Å². The minimum absolute atomic E-state index is 0. The summed E-state index contributed by atoms with van der Waals surface area (Å²) in [5, 5.41) is 15.6. The van der Waals surface area contributed by atoms with Crippen molar-refractivity contribution in [3.63, 3.8) is 0 Å². The van der Waals surface area contributed by atoms with Gasteiger partial charge in [-0.25, -0.2) is 9.59 Å². The van der Waals surface area contributed by atoms with E-state index in [0.717, 1.165) is 0 Å². The number of hydrogen-bond acceptors (Lipinski definition) is 2. The fourth-order valence-electron chi connectivity index (χ4n) is 0.143. The molecule has 0 radical (unpaired) electrons. The number of carboxylic acids is 2. The van der Waals surface area contributed by atoms with Crippen LogP contribution in [-0.4, -0.2) is 68.1 Å². The van der Waals surface area contributed by atoms with Crippen LogP contribution in [0.25, 0.3) is 0 Å². The number of aliphatic carboxylic acids is 2. The Kier molecular flexibility index (Phi) is 42.2. The molecule has 0 aliphatic heterocycles. The molecule has 0 atom stereocenters. The van der Waals surface area contributed by atoms with Crippen LogP contribution in [0.2, 0.25) is 0 Å². The van der Waals surface area contributed by atoms with Gasteiger partial charge in [0.05, 0.1) is 0 Å². The predicted octanol–water partition coefficient (Wildman–Crippen LogP) is -3.41. The molecule has 0 spiro atoms. The third kappa shape index (κ3) is 33.7. The topological polar surface area (TPSA) is 169 Å². The van der Waals surface area contributed by atoms with Crippen molar-refractivity contribution in [3.8, 4) is 0 Å². The number of rotatable bonds is 2. The molecule has 7 nitrogen and oxygen atoms in total. The van der Waals surface area contributed by atoms with Crippen molar-refractivity contribution < 1.29 is 36.2 Å². The minimum atomic E-state index is -1.26. The zero-order valence-electron chi connectivity index (χ0n) is 5.37. The van der Waals surface area contributed by atoms with E-state index in [1.54, 1.807) is 0 Å². The van der Waals surface area contributed by atoms with Crippen LogP contribution in [0.4, 0.5) is 0 Å². The Morgan fingerprint density at radius 1 is 0.833 bits per heavy atom. The molecular formula is C4H11NaO7. The number of carboxylic acid groups (broad SMARTS) is 2. The summed E-state index contributed by atoms with van der Waals surface area (Å²) in [5.41, 5.74) is 0. The van der Waals surface area contributed by atoms with E-state index in [4.69, 9.17) is 10.2 Å². The van der Waals surface area contributed by atoms with Crippen molar-refractivity contribution in [2.45, 2.75) is 0 Å². The molecule has 0 saturated carbocycles. The second kappa shape index (κ2) is 16.9. The van der Waals surface area contributed by atoms with Crippen molar-refractivity contribution in [3.05, 3.63) is 12.2 Å². The van der Waals surface area contributed by atoms with Crippen molar-refractivity contribution in [1.29, 1.82) is 0 Å². The summed E-state index contributed by atoms with van der Waals surface area (Å²) in [6.45, 7) is 0. The molecule has 0 fully saturated rings. The van der Waals surface area contributed by atoms with Gasteiger partial charge >= 0.3 is 41.5 Å². The van der Waals surface area contributed by atoms with Crippen LogP contribution < -0.4 is 0 Å². The third-order valence-electron chi connectivity index (χ3n) is 0.368. The van der Waals surface area contributed by atoms with Crippen LogP contribution in [0.5, 0.6) is 0 Å². The standard InChI is InChI=1S/C4H4O4.Na.3H2O.H/c5-3(6)1-2-4(7)8;;;;;/h1-2H,(H,5,6)(H,7,8);;3*1H2;/b2-1-;;;;;. The Labute approximate surface area is 89.9 Å². The Hall–Kier alpha value is -0.440. The SMILES string of the molecule is O.O.O.O=C(O)/C=C\C(=O)O.[NaH]. The Morgan fingerprint density at radius 2 is 1.00 bits per heavy atom. The van der Waals surface area contributed by atoms with E-state index in [-0.39, 0.29) is 46.0 Å². The second-order valence-electron chi connectivity index (χ2n) is 1.01. The van der Waals surface area contributed by atoms with Gasteiger partial charge in [-0.3, -0.25) is 0 Å². The first-order chi connectivity index (χ1) is 3.63. The van der Waals surface area contributed by atoms with Gasteiger partial charge in [0.2, 0.25) is 0 Å². The summed E-state index contributed by atoms with van der Waals surface area (Å²) < 4.78 is 0. The van der Waals surface area contributed by atoms with Gasteiger partial charge in [0.1, 0.15) is 0 Å². The molecule has 0 rings (SSSR count). The van der Waals surface area contributed by atoms with Gasteiger partial charge in [0.15, 0.2) is 0 Å². The molecule has 0 aliphatic rings. The summed E-state index contributed by atoms with van der Waals surface area (Å²) in [4.78, 5) is 19.1. The summed E-state index contributed by atoms with van der Waals surface area (Å²) in [6, 6.07) is 0. The van der Waals surface area contributed by atoms with Crippen molar-refractivity contribution in [2.24, 2.45) is 0 Å². The molecule has 0 aromatic carbocycles. The van der Waals surface area contributed by atoms with Crippen LogP contribution >= 0.6 is 0 Å². The first-order valence-corrected chi connectivity index (χ1v) is 1.77. The van der Waals surface area contributed by atoms with Gasteiger partial charge < -0.3 is 26.6 Å². The first kappa shape index (κ1) is 30.0. The molecule has 0 amide bonds. The van der Waals surface area contributed by atoms with E-state index in [1.165, 1.54) is 0 Å². The van der Waals surface area contributed by atoms with Crippen molar-refractivity contribution >= 4 is 41.5 Å². The van der Waals surface area contributed by atoms with Crippen molar-refractivity contribution in [1.82, 2.24) is 0 Å². The van der Waals surface area contributed by atoms with Gasteiger partial charge in [0.25, 0.3) is 0 Å². The molecule has 0 aromatic heterocycles. The first-order valence-electron chi connectivity index (χ1n) is 1.77. The van der Waals surface area contributed by atoms with E-state index >= 15 is 0 Å². The average molecular weight is 194 g/mol. The molecule has 0 heterocycles. The average Bonchev–Trinajstić information content (AvgIpc) is 1.61. The molecule has 0 saturated heterocycles. The van der Waals surface area contributed by atoms with E-state index in [1.807, 2.05) is 0 Å². The monoisotopic (exact) mass is 194 g/mol. The van der Waals surface area contributed by atoms with E-state index in [2.05, 4.69) is 0 Å². The van der Waals surface area contributed by atoms with Crippen LogP contribution in [0.15, 0.2) is 12.2 Å². The molecule has 0 bridgehead atoms. The Morgan fingerprint density at radius 3 is 1.08 bits per heavy atom. The fourth-order valence-corrected chi connectivity index (χ4v) is 0.143. The van der Waals surface area contributed by atoms with Crippen molar-refractivity contribution in [2.75, 3.05) is 0 Å². The normalized spacial score (nSPS) is 6.33. The van der Waals surface area contributed by atoms with Gasteiger partial charge in [-0.15, -0.1) is 0 Å². The van der Waals surface area contributed by atoms with Crippen LogP contribution in [0.1, 0.15) is 0 Å². The van der Waals surface area contributed by atoms with Gasteiger partial charge in [-0.2, -0.15) is 0 Å². The summed E-state index contributed by atoms with van der Waals surface area (Å²) in [6.07, 6.45) is 1.12. The Balaban J connectivity index is -0.0000000408. The van der Waals surface area contributed by atoms with Crippen LogP contribution in [-0.2, 0) is 9.59 Å². The van der Waals surface area contributed by atoms with E-state index < -0.39 is 11.9 Å². The summed E-state index contributed by atoms with van der Waals surface area (Å²) >= 11 is 0. The second-order valence-corrected chi connectivity index (χ2v) is 1.01. The quantitative estimate of drug-likeness (QED) is 0.344. The van der Waals surface area contributed by atoms with Gasteiger partial charge in [0, 0.05) is 12.2 Å². The molecule has 8 heteroatoms. The zero-order chi connectivity index (χ0) is 6.57. The Bertz CT molecular complexity index is 126. The number of hydrogen-bond donors (Lipinski definition) is 2. The zero-order valence-corrected chi connectivity index (χ0v) is 5.37. The predicted molar refractivity (Wildman–Crippen MR) is 42.4 cm³/mol. The molecule has 70 valence electrons. The maximum absolute atomic E-state index is 9.55. The summed E-state index contributed by atoms with van der Waals surface area (Å²) in [7, 11) is 0. The fraction of sp³-hybridized carbons (Fsp3) is 0. The molecule has 0 unspecified atom stereocenters. The molecule has 8 N–H and O–H groups in total. The van der Waals surface area contributed by atoms with E-state index in [0.29, 0.717) is 12.2 Å². The molecule has 12 heavy (non-hydrogen) atoms. The van der Waals surface area contributed by atoms with Gasteiger partial charge in [-0.1, -0.05) is 0 Å². The van der Waals surface area contributed by atoms with E-state index in [9.17, 15) is 9.59 Å². The summed E-state index contributed by atoms with van der Waals surface area (Å²) in [5.74, 6) is -2.51. The molecular weight excluding hydrogens is 183 g/mol. The van der Waals surface area contributed by atoms with Crippen LogP contribution in [0.3, 0.4) is 0 Å². The number of carbonyl (C=O) groups is 2.